The Labute approximate surface area is 327 Å². The topological polar surface area (TPSA) is 149 Å². The molecule has 0 saturated carbocycles. The lowest BCUT2D eigenvalue weighted by Gasteiger charge is -2.37. The molecule has 3 aliphatic heterocycles. The van der Waals surface area contributed by atoms with Gasteiger partial charge in [0.1, 0.15) is 17.6 Å². The molecule has 1 atom stereocenters. The van der Waals surface area contributed by atoms with E-state index >= 15 is 4.39 Å². The molecule has 3 aliphatic rings. The highest BCUT2D eigenvalue weighted by molar-refractivity contribution is 6.23. The van der Waals surface area contributed by atoms with Gasteiger partial charge in [0.05, 0.1) is 22.9 Å². The number of nitrogens with one attached hydrogen (secondary N) is 2. The number of benzene rings is 3. The van der Waals surface area contributed by atoms with Crippen LogP contribution in [0.25, 0.3) is 5.65 Å². The lowest BCUT2D eigenvalue weighted by molar-refractivity contribution is -0.137. The van der Waals surface area contributed by atoms with Gasteiger partial charge in [-0.25, -0.2) is 13.9 Å². The van der Waals surface area contributed by atoms with Crippen molar-refractivity contribution >= 4 is 46.6 Å². The standard InChI is InChI=1S/C41H32F4N8O5/c1-23-4-5-26(19-25(23)6-8-28-21-46-34-3-2-12-47-53(28)34)37(55)48-27-7-9-32(30(20-27)41(43,44)45)51-15-13-50(14-16-51)22-24-17-29-36(31(42)18-24)40(58)52(39(29)57)33-10-11-35(54)49-38(33)56/h2-5,7,9,12,17-21,33H,10-11,13-16,22H2,1H3,(H,48,55)(H,49,54,56). The zero-order valence-corrected chi connectivity index (χ0v) is 30.7. The Hall–Kier alpha value is -6.93. The number of rotatable bonds is 6. The van der Waals surface area contributed by atoms with Crippen LogP contribution >= 0.6 is 0 Å². The molecule has 5 aromatic rings. The molecule has 17 heteroatoms. The number of hydrogen-bond donors (Lipinski definition) is 2. The minimum Gasteiger partial charge on any atom is -0.368 e. The first-order valence-corrected chi connectivity index (χ1v) is 18.2. The maximum atomic E-state index is 15.3. The number of hydrogen-bond acceptors (Lipinski definition) is 9. The molecule has 8 rings (SSSR count). The van der Waals surface area contributed by atoms with Crippen molar-refractivity contribution < 1.29 is 41.5 Å². The molecule has 5 heterocycles. The number of aromatic nitrogens is 3. The third kappa shape index (κ3) is 7.25. The Morgan fingerprint density at radius 1 is 0.966 bits per heavy atom. The minimum absolute atomic E-state index is 0.0486. The average molecular weight is 793 g/mol. The summed E-state index contributed by atoms with van der Waals surface area (Å²) in [5.41, 5.74) is 1.37. The number of alkyl halides is 3. The predicted molar refractivity (Wildman–Crippen MR) is 200 cm³/mol. The van der Waals surface area contributed by atoms with Gasteiger partial charge in [0.15, 0.2) is 5.65 Å². The summed E-state index contributed by atoms with van der Waals surface area (Å²) in [5.74, 6) is 1.35. The molecule has 13 nitrogen and oxygen atoms in total. The number of imide groups is 2. The van der Waals surface area contributed by atoms with Gasteiger partial charge in [-0.05, 0) is 85.0 Å². The number of halogens is 4. The molecule has 3 aromatic carbocycles. The summed E-state index contributed by atoms with van der Waals surface area (Å²) in [6.45, 7) is 2.90. The normalized spacial score (nSPS) is 17.3. The fourth-order valence-corrected chi connectivity index (χ4v) is 7.36. The summed E-state index contributed by atoms with van der Waals surface area (Å²) in [5, 5.41) is 8.91. The summed E-state index contributed by atoms with van der Waals surface area (Å²) in [4.78, 5) is 72.0. The maximum Gasteiger partial charge on any atom is 0.418 e. The Kier molecular flexibility index (Phi) is 9.73. The first kappa shape index (κ1) is 38.0. The van der Waals surface area contributed by atoms with Crippen LogP contribution in [-0.2, 0) is 22.3 Å². The highest BCUT2D eigenvalue weighted by Crippen LogP contribution is 2.39. The number of fused-ring (bicyclic) bond motifs is 2. The van der Waals surface area contributed by atoms with E-state index in [1.807, 2.05) is 11.8 Å². The van der Waals surface area contributed by atoms with Gasteiger partial charge in [-0.3, -0.25) is 39.1 Å². The molecule has 2 fully saturated rings. The Morgan fingerprint density at radius 3 is 2.52 bits per heavy atom. The van der Waals surface area contributed by atoms with Gasteiger partial charge in [0.2, 0.25) is 11.8 Å². The van der Waals surface area contributed by atoms with Crippen LogP contribution in [0.15, 0.2) is 73.1 Å². The maximum absolute atomic E-state index is 15.3. The van der Waals surface area contributed by atoms with Crippen molar-refractivity contribution in [2.24, 2.45) is 0 Å². The highest BCUT2D eigenvalue weighted by Gasteiger charge is 2.46. The van der Waals surface area contributed by atoms with Gasteiger partial charge in [-0.15, -0.1) is 0 Å². The molecule has 0 radical (unpaired) electrons. The second-order valence-electron chi connectivity index (χ2n) is 14.1. The summed E-state index contributed by atoms with van der Waals surface area (Å²) in [7, 11) is 0. The molecule has 2 saturated heterocycles. The average Bonchev–Trinajstić information content (AvgIpc) is 3.71. The van der Waals surface area contributed by atoms with E-state index in [9.17, 15) is 37.1 Å². The van der Waals surface area contributed by atoms with Crippen LogP contribution in [0.4, 0.5) is 28.9 Å². The second-order valence-corrected chi connectivity index (χ2v) is 14.1. The fraction of sp³-hybridized carbons (Fsp3) is 0.244. The summed E-state index contributed by atoms with van der Waals surface area (Å²) in [6.07, 6.45) is -1.71. The molecule has 5 amide bonds. The van der Waals surface area contributed by atoms with Gasteiger partial charge >= 0.3 is 6.18 Å². The van der Waals surface area contributed by atoms with E-state index in [-0.39, 0.29) is 68.1 Å². The molecule has 58 heavy (non-hydrogen) atoms. The first-order chi connectivity index (χ1) is 27.7. The minimum atomic E-state index is -4.75. The van der Waals surface area contributed by atoms with Crippen LogP contribution in [0.2, 0.25) is 0 Å². The van der Waals surface area contributed by atoms with Gasteiger partial charge in [-0.2, -0.15) is 18.3 Å². The molecule has 294 valence electrons. The molecule has 1 unspecified atom stereocenters. The van der Waals surface area contributed by atoms with E-state index in [1.165, 1.54) is 18.2 Å². The largest absolute Gasteiger partial charge is 0.418 e. The van der Waals surface area contributed by atoms with E-state index in [0.29, 0.717) is 27.4 Å². The molecular weight excluding hydrogens is 760 g/mol. The summed E-state index contributed by atoms with van der Waals surface area (Å²) < 4.78 is 60.4. The molecule has 0 spiro atoms. The first-order valence-electron chi connectivity index (χ1n) is 18.2. The van der Waals surface area contributed by atoms with E-state index in [4.69, 9.17) is 0 Å². The Morgan fingerprint density at radius 2 is 1.76 bits per heavy atom. The van der Waals surface area contributed by atoms with Gasteiger partial charge in [0.25, 0.3) is 17.7 Å². The smallest absolute Gasteiger partial charge is 0.368 e. The van der Waals surface area contributed by atoms with Crippen molar-refractivity contribution in [3.63, 3.8) is 0 Å². The fourth-order valence-electron chi connectivity index (χ4n) is 7.36. The zero-order valence-electron chi connectivity index (χ0n) is 30.7. The van der Waals surface area contributed by atoms with Gasteiger partial charge in [0, 0.05) is 67.8 Å². The van der Waals surface area contributed by atoms with Crippen LogP contribution in [0.5, 0.6) is 0 Å². The second kappa shape index (κ2) is 14.9. The van der Waals surface area contributed by atoms with Gasteiger partial charge < -0.3 is 10.2 Å². The summed E-state index contributed by atoms with van der Waals surface area (Å²) in [6, 6.07) is 13.3. The van der Waals surface area contributed by atoms with Crippen molar-refractivity contribution in [1.82, 2.24) is 29.7 Å². The third-order valence-electron chi connectivity index (χ3n) is 10.3. The van der Waals surface area contributed by atoms with Crippen molar-refractivity contribution in [3.05, 3.63) is 124 Å². The number of carbonyl (C=O) groups is 5. The Balaban J connectivity index is 0.932. The van der Waals surface area contributed by atoms with Crippen LogP contribution in [0, 0.1) is 24.6 Å². The van der Waals surface area contributed by atoms with E-state index < -0.39 is 58.7 Å². The highest BCUT2D eigenvalue weighted by atomic mass is 19.4. The van der Waals surface area contributed by atoms with E-state index in [1.54, 1.807) is 52.1 Å². The zero-order chi connectivity index (χ0) is 40.9. The van der Waals surface area contributed by atoms with E-state index in [0.717, 1.165) is 17.7 Å². The lowest BCUT2D eigenvalue weighted by Crippen LogP contribution is -2.54. The molecule has 0 aliphatic carbocycles. The summed E-state index contributed by atoms with van der Waals surface area (Å²) >= 11 is 0. The number of anilines is 2. The SMILES string of the molecule is Cc1ccc(C(=O)Nc2ccc(N3CCN(Cc4cc(F)c5c(c4)C(=O)N(C4CCC(=O)NC4=O)C5=O)CC3)c(C(F)(F)F)c2)cc1C#Cc1cnc2cccnn12. The van der Waals surface area contributed by atoms with Crippen molar-refractivity contribution in [1.29, 1.82) is 0 Å². The number of imidazole rings is 1. The van der Waals surface area contributed by atoms with Crippen LogP contribution in [-0.4, -0.2) is 86.2 Å². The number of piperazine rings is 1. The lowest BCUT2D eigenvalue weighted by atomic mass is 10.0. The number of nitrogens with zero attached hydrogens (tertiary/aromatic N) is 6. The number of aryl methyl sites for hydroxylation is 1. The molecule has 2 N–H and O–H groups in total. The molecule has 2 aromatic heterocycles. The molecule has 0 bridgehead atoms. The van der Waals surface area contributed by atoms with Crippen LogP contribution < -0.4 is 15.5 Å². The number of amides is 5. The molecular formula is C41H32F4N8O5. The van der Waals surface area contributed by atoms with E-state index in [2.05, 4.69) is 32.6 Å². The van der Waals surface area contributed by atoms with Crippen LogP contribution in [0.1, 0.15) is 71.9 Å². The quantitative estimate of drug-likeness (QED) is 0.143. The Bertz CT molecular complexity index is 2620. The van der Waals surface area contributed by atoms with Crippen molar-refractivity contribution in [3.8, 4) is 11.8 Å². The van der Waals surface area contributed by atoms with Crippen LogP contribution in [0.3, 0.4) is 0 Å². The number of carbonyl (C=O) groups excluding carboxylic acids is 5. The van der Waals surface area contributed by atoms with Gasteiger partial charge in [-0.1, -0.05) is 12.0 Å². The van der Waals surface area contributed by atoms with Crippen molar-refractivity contribution in [2.45, 2.75) is 38.5 Å². The number of piperidine rings is 1. The predicted octanol–water partition coefficient (Wildman–Crippen LogP) is 4.57. The third-order valence-corrected chi connectivity index (χ3v) is 10.3. The van der Waals surface area contributed by atoms with Crippen molar-refractivity contribution in [2.75, 3.05) is 36.4 Å². The monoisotopic (exact) mass is 792 g/mol.